The number of allylic oxidation sites excluding steroid dienone is 1. The summed E-state index contributed by atoms with van der Waals surface area (Å²) >= 11 is 0. The Hall–Kier alpha value is -1.77. The fourth-order valence-corrected chi connectivity index (χ4v) is 1.82. The van der Waals surface area contributed by atoms with Gasteiger partial charge >= 0.3 is 0 Å². The van der Waals surface area contributed by atoms with E-state index in [1.54, 1.807) is 12.1 Å². The molecule has 1 amide bonds. The number of carbonyl (C=O) groups is 1. The molecule has 0 atom stereocenters. The molecular formula is C16H23NO2. The number of phenols is 1. The van der Waals surface area contributed by atoms with Crippen molar-refractivity contribution in [2.75, 3.05) is 6.54 Å². The number of nitrogens with one attached hydrogen (secondary N) is 1. The highest BCUT2D eigenvalue weighted by Crippen LogP contribution is 2.23. The molecular weight excluding hydrogens is 238 g/mol. The van der Waals surface area contributed by atoms with Gasteiger partial charge in [-0.1, -0.05) is 32.1 Å². The fraction of sp³-hybridized carbons (Fsp3) is 0.438. The molecule has 0 radical (unpaired) electrons. The molecule has 1 aromatic carbocycles. The summed E-state index contributed by atoms with van der Waals surface area (Å²) in [6, 6.07) is 7.25. The molecule has 0 aliphatic heterocycles. The van der Waals surface area contributed by atoms with Crippen LogP contribution in [0.25, 0.3) is 5.57 Å². The molecule has 19 heavy (non-hydrogen) atoms. The summed E-state index contributed by atoms with van der Waals surface area (Å²) in [4.78, 5) is 10.9. The molecule has 0 unspecified atom stereocenters. The van der Waals surface area contributed by atoms with Gasteiger partial charge in [0.25, 0.3) is 0 Å². The summed E-state index contributed by atoms with van der Waals surface area (Å²) in [6.45, 7) is 6.48. The minimum atomic E-state index is -0.0147. The van der Waals surface area contributed by atoms with Crippen molar-refractivity contribution in [1.82, 2.24) is 5.32 Å². The number of amides is 1. The van der Waals surface area contributed by atoms with E-state index in [-0.39, 0.29) is 11.7 Å². The van der Waals surface area contributed by atoms with E-state index >= 15 is 0 Å². The summed E-state index contributed by atoms with van der Waals surface area (Å²) in [6.07, 6.45) is 3.96. The first-order valence-electron chi connectivity index (χ1n) is 6.72. The predicted octanol–water partition coefficient (Wildman–Crippen LogP) is 3.35. The molecule has 0 aromatic heterocycles. The van der Waals surface area contributed by atoms with Gasteiger partial charge in [0.2, 0.25) is 5.91 Å². The maximum absolute atomic E-state index is 10.9. The van der Waals surface area contributed by atoms with Gasteiger partial charge in [0.15, 0.2) is 0 Å². The van der Waals surface area contributed by atoms with Crippen molar-refractivity contribution in [2.24, 2.45) is 5.92 Å². The highest BCUT2D eigenvalue weighted by molar-refractivity contribution is 5.73. The van der Waals surface area contributed by atoms with Crippen LogP contribution in [0.2, 0.25) is 0 Å². The van der Waals surface area contributed by atoms with Crippen molar-refractivity contribution in [3.63, 3.8) is 0 Å². The van der Waals surface area contributed by atoms with Crippen LogP contribution in [0.3, 0.4) is 0 Å². The molecule has 3 heteroatoms. The van der Waals surface area contributed by atoms with Crippen LogP contribution < -0.4 is 5.32 Å². The third-order valence-electron chi connectivity index (χ3n) is 2.82. The Morgan fingerprint density at radius 3 is 2.74 bits per heavy atom. The van der Waals surface area contributed by atoms with Crippen LogP contribution in [-0.2, 0) is 4.79 Å². The Morgan fingerprint density at radius 2 is 2.16 bits per heavy atom. The standard InChI is InChI=1S/C16H23NO2/c1-12(2)7-8-14(9-10-17-13(3)18)15-5-4-6-16(19)11-15/h4-6,8,11-12,19H,7,9-10H2,1-3H3,(H,17,18). The summed E-state index contributed by atoms with van der Waals surface area (Å²) in [5.41, 5.74) is 2.18. The van der Waals surface area contributed by atoms with Crippen LogP contribution in [0.15, 0.2) is 30.3 Å². The van der Waals surface area contributed by atoms with E-state index < -0.39 is 0 Å². The smallest absolute Gasteiger partial charge is 0.216 e. The minimum Gasteiger partial charge on any atom is -0.508 e. The average molecular weight is 261 g/mol. The van der Waals surface area contributed by atoms with E-state index in [4.69, 9.17) is 0 Å². The van der Waals surface area contributed by atoms with Gasteiger partial charge in [0.1, 0.15) is 5.75 Å². The first-order valence-corrected chi connectivity index (χ1v) is 6.72. The van der Waals surface area contributed by atoms with Crippen LogP contribution in [0.4, 0.5) is 0 Å². The number of rotatable bonds is 6. The van der Waals surface area contributed by atoms with E-state index in [2.05, 4.69) is 25.2 Å². The van der Waals surface area contributed by atoms with Crippen LogP contribution >= 0.6 is 0 Å². The van der Waals surface area contributed by atoms with Crippen LogP contribution in [0.5, 0.6) is 5.75 Å². The third kappa shape index (κ3) is 6.09. The van der Waals surface area contributed by atoms with Crippen molar-refractivity contribution in [3.05, 3.63) is 35.9 Å². The second-order valence-electron chi connectivity index (χ2n) is 5.14. The van der Waals surface area contributed by atoms with Crippen LogP contribution in [0.1, 0.15) is 39.2 Å². The fourth-order valence-electron chi connectivity index (χ4n) is 1.82. The zero-order valence-electron chi connectivity index (χ0n) is 11.9. The largest absolute Gasteiger partial charge is 0.508 e. The van der Waals surface area contributed by atoms with Crippen molar-refractivity contribution < 1.29 is 9.90 Å². The Balaban J connectivity index is 2.79. The maximum Gasteiger partial charge on any atom is 0.216 e. The Morgan fingerprint density at radius 1 is 1.42 bits per heavy atom. The number of hydrogen-bond donors (Lipinski definition) is 2. The van der Waals surface area contributed by atoms with Gasteiger partial charge in [-0.15, -0.1) is 0 Å². The lowest BCUT2D eigenvalue weighted by atomic mass is 9.99. The molecule has 1 rings (SSSR count). The molecule has 0 saturated carbocycles. The van der Waals surface area contributed by atoms with Gasteiger partial charge in [-0.05, 0) is 42.0 Å². The van der Waals surface area contributed by atoms with Crippen LogP contribution in [0, 0.1) is 5.92 Å². The lowest BCUT2D eigenvalue weighted by molar-refractivity contribution is -0.118. The number of carbonyl (C=O) groups excluding carboxylic acids is 1. The Labute approximate surface area is 115 Å². The van der Waals surface area contributed by atoms with Gasteiger partial charge in [-0.25, -0.2) is 0 Å². The average Bonchev–Trinajstić information content (AvgIpc) is 2.32. The van der Waals surface area contributed by atoms with Crippen LogP contribution in [-0.4, -0.2) is 17.6 Å². The second-order valence-corrected chi connectivity index (χ2v) is 5.14. The Kier molecular flexibility index (Phi) is 6.13. The lowest BCUT2D eigenvalue weighted by Gasteiger charge is -2.10. The van der Waals surface area contributed by atoms with Gasteiger partial charge in [0.05, 0.1) is 0 Å². The monoisotopic (exact) mass is 261 g/mol. The molecule has 2 N–H and O–H groups in total. The first-order chi connectivity index (χ1) is 8.99. The van der Waals surface area contributed by atoms with E-state index in [9.17, 15) is 9.90 Å². The van der Waals surface area contributed by atoms with E-state index in [0.29, 0.717) is 12.5 Å². The molecule has 104 valence electrons. The van der Waals surface area contributed by atoms with Crippen molar-refractivity contribution in [2.45, 2.75) is 33.6 Å². The first kappa shape index (κ1) is 15.3. The summed E-state index contributed by atoms with van der Waals surface area (Å²) < 4.78 is 0. The zero-order chi connectivity index (χ0) is 14.3. The summed E-state index contributed by atoms with van der Waals surface area (Å²) in [7, 11) is 0. The topological polar surface area (TPSA) is 49.3 Å². The van der Waals surface area contributed by atoms with E-state index in [1.807, 2.05) is 12.1 Å². The minimum absolute atomic E-state index is 0.0147. The van der Waals surface area contributed by atoms with E-state index in [0.717, 1.165) is 18.4 Å². The summed E-state index contributed by atoms with van der Waals surface area (Å²) in [5.74, 6) is 0.847. The molecule has 3 nitrogen and oxygen atoms in total. The second kappa shape index (κ2) is 7.62. The molecule has 0 bridgehead atoms. The van der Waals surface area contributed by atoms with Gasteiger partial charge in [-0.3, -0.25) is 4.79 Å². The molecule has 0 fully saturated rings. The quantitative estimate of drug-likeness (QED) is 0.825. The normalized spacial score (nSPS) is 11.7. The molecule has 0 aliphatic carbocycles. The zero-order valence-corrected chi connectivity index (χ0v) is 11.9. The highest BCUT2D eigenvalue weighted by atomic mass is 16.3. The van der Waals surface area contributed by atoms with Crippen molar-refractivity contribution >= 4 is 11.5 Å². The van der Waals surface area contributed by atoms with Crippen molar-refractivity contribution in [3.8, 4) is 5.75 Å². The molecule has 1 aromatic rings. The molecule has 0 heterocycles. The SMILES string of the molecule is CC(=O)NCCC(=CCC(C)C)c1cccc(O)c1. The third-order valence-corrected chi connectivity index (χ3v) is 2.82. The van der Waals surface area contributed by atoms with Gasteiger partial charge in [0, 0.05) is 13.5 Å². The number of hydrogen-bond acceptors (Lipinski definition) is 2. The molecule has 0 aliphatic rings. The highest BCUT2D eigenvalue weighted by Gasteiger charge is 2.04. The van der Waals surface area contributed by atoms with Gasteiger partial charge < -0.3 is 10.4 Å². The maximum atomic E-state index is 10.9. The molecule has 0 saturated heterocycles. The van der Waals surface area contributed by atoms with Crippen molar-refractivity contribution in [1.29, 1.82) is 0 Å². The number of phenolic OH excluding ortho intramolecular Hbond substituents is 1. The summed E-state index contributed by atoms with van der Waals surface area (Å²) in [5, 5.41) is 12.4. The molecule has 0 spiro atoms. The Bertz CT molecular complexity index is 450. The predicted molar refractivity (Wildman–Crippen MR) is 78.8 cm³/mol. The number of benzene rings is 1. The van der Waals surface area contributed by atoms with Gasteiger partial charge in [-0.2, -0.15) is 0 Å². The number of aromatic hydroxyl groups is 1. The van der Waals surface area contributed by atoms with E-state index in [1.165, 1.54) is 12.5 Å². The lowest BCUT2D eigenvalue weighted by Crippen LogP contribution is -2.21.